The van der Waals surface area contributed by atoms with Crippen molar-refractivity contribution in [3.63, 3.8) is 0 Å². The zero-order chi connectivity index (χ0) is 17.0. The van der Waals surface area contributed by atoms with Crippen LogP contribution in [0.2, 0.25) is 0 Å². The van der Waals surface area contributed by atoms with Gasteiger partial charge in [0.15, 0.2) is 0 Å². The van der Waals surface area contributed by atoms with Crippen LogP contribution in [-0.4, -0.2) is 15.5 Å². The van der Waals surface area contributed by atoms with Gasteiger partial charge in [-0.15, -0.1) is 0 Å². The normalized spacial score (nSPS) is 11.0. The molecule has 1 amide bonds. The van der Waals surface area contributed by atoms with Crippen LogP contribution in [-0.2, 0) is 11.3 Å². The number of pyridine rings is 1. The van der Waals surface area contributed by atoms with E-state index >= 15 is 0 Å². The van der Waals surface area contributed by atoms with E-state index in [1.54, 1.807) is 56.4 Å². The van der Waals surface area contributed by atoms with Crippen molar-refractivity contribution in [1.29, 1.82) is 0 Å². The SMILES string of the molecule is CC(C)(Cn1ccccc1=O)C(=O)Nc1ccc(C(N)=S)cc1. The minimum Gasteiger partial charge on any atom is -0.389 e. The predicted molar refractivity (Wildman–Crippen MR) is 95.4 cm³/mol. The maximum atomic E-state index is 12.5. The first kappa shape index (κ1) is 16.9. The summed E-state index contributed by atoms with van der Waals surface area (Å²) in [5.74, 6) is -0.170. The highest BCUT2D eigenvalue weighted by Crippen LogP contribution is 2.21. The van der Waals surface area contributed by atoms with Gasteiger partial charge < -0.3 is 15.6 Å². The van der Waals surface area contributed by atoms with Crippen molar-refractivity contribution in [2.24, 2.45) is 11.1 Å². The standard InChI is InChI=1S/C17H19N3O2S/c1-17(2,11-20-10-4-3-5-14(20)21)16(22)19-13-8-6-12(7-9-13)15(18)23/h3-10H,11H2,1-2H3,(H2,18,23)(H,19,22). The highest BCUT2D eigenvalue weighted by molar-refractivity contribution is 7.80. The van der Waals surface area contributed by atoms with Crippen LogP contribution < -0.4 is 16.6 Å². The number of benzene rings is 1. The molecule has 0 aliphatic carbocycles. The van der Waals surface area contributed by atoms with Gasteiger partial charge in [-0.25, -0.2) is 0 Å². The van der Waals surface area contributed by atoms with Crippen LogP contribution in [0.5, 0.6) is 0 Å². The Kier molecular flexibility index (Phi) is 4.95. The third kappa shape index (κ3) is 4.26. The number of aromatic nitrogens is 1. The van der Waals surface area contributed by atoms with Gasteiger partial charge in [-0.3, -0.25) is 9.59 Å². The Morgan fingerprint density at radius 3 is 2.43 bits per heavy atom. The highest BCUT2D eigenvalue weighted by Gasteiger charge is 2.28. The predicted octanol–water partition coefficient (Wildman–Crippen LogP) is 2.15. The van der Waals surface area contributed by atoms with E-state index < -0.39 is 5.41 Å². The van der Waals surface area contributed by atoms with Crippen LogP contribution >= 0.6 is 12.2 Å². The molecule has 0 spiro atoms. The van der Waals surface area contributed by atoms with Crippen molar-refractivity contribution in [3.05, 3.63) is 64.6 Å². The molecule has 5 nitrogen and oxygen atoms in total. The molecule has 0 saturated carbocycles. The first-order valence-corrected chi connectivity index (χ1v) is 7.57. The lowest BCUT2D eigenvalue weighted by atomic mass is 9.92. The Bertz CT molecular complexity index is 779. The number of hydrogen-bond acceptors (Lipinski definition) is 3. The molecule has 0 aliphatic heterocycles. The summed E-state index contributed by atoms with van der Waals surface area (Å²) in [6.07, 6.45) is 1.67. The second kappa shape index (κ2) is 6.75. The number of nitrogens with zero attached hydrogens (tertiary/aromatic N) is 1. The minimum atomic E-state index is -0.743. The smallest absolute Gasteiger partial charge is 0.250 e. The Labute approximate surface area is 140 Å². The molecule has 1 heterocycles. The van der Waals surface area contributed by atoms with E-state index in [1.807, 2.05) is 0 Å². The summed E-state index contributed by atoms with van der Waals surface area (Å²) >= 11 is 4.90. The molecule has 0 radical (unpaired) electrons. The summed E-state index contributed by atoms with van der Waals surface area (Å²) in [4.78, 5) is 24.6. The van der Waals surface area contributed by atoms with Gasteiger partial charge in [0.2, 0.25) is 5.91 Å². The van der Waals surface area contributed by atoms with Crippen LogP contribution in [0.25, 0.3) is 0 Å². The van der Waals surface area contributed by atoms with E-state index in [4.69, 9.17) is 18.0 Å². The summed E-state index contributed by atoms with van der Waals surface area (Å²) in [6.45, 7) is 3.89. The summed E-state index contributed by atoms with van der Waals surface area (Å²) in [5.41, 5.74) is 6.07. The van der Waals surface area contributed by atoms with Crippen LogP contribution in [0.3, 0.4) is 0 Å². The number of carbonyl (C=O) groups is 1. The molecule has 0 saturated heterocycles. The van der Waals surface area contributed by atoms with Crippen molar-refractivity contribution in [2.45, 2.75) is 20.4 Å². The molecule has 1 aromatic carbocycles. The van der Waals surface area contributed by atoms with Gasteiger partial charge in [-0.1, -0.05) is 18.3 Å². The average molecular weight is 329 g/mol. The average Bonchev–Trinajstić information content (AvgIpc) is 2.50. The Morgan fingerprint density at radius 1 is 1.22 bits per heavy atom. The number of nitrogens with two attached hydrogens (primary N) is 1. The minimum absolute atomic E-state index is 0.130. The molecule has 120 valence electrons. The second-order valence-corrected chi connectivity index (χ2v) is 6.39. The van der Waals surface area contributed by atoms with E-state index in [1.165, 1.54) is 10.6 Å². The molecule has 3 N–H and O–H groups in total. The number of anilines is 1. The molecule has 2 aromatic rings. The van der Waals surface area contributed by atoms with Gasteiger partial charge in [-0.05, 0) is 44.2 Å². The molecule has 1 aromatic heterocycles. The van der Waals surface area contributed by atoms with E-state index in [2.05, 4.69) is 5.32 Å². The van der Waals surface area contributed by atoms with E-state index in [0.717, 1.165) is 5.56 Å². The fraction of sp³-hybridized carbons (Fsp3) is 0.235. The van der Waals surface area contributed by atoms with Gasteiger partial charge in [-0.2, -0.15) is 0 Å². The van der Waals surface area contributed by atoms with Gasteiger partial charge >= 0.3 is 0 Å². The zero-order valence-corrected chi connectivity index (χ0v) is 13.9. The van der Waals surface area contributed by atoms with Gasteiger partial charge in [0.1, 0.15) is 4.99 Å². The third-order valence-corrected chi connectivity index (χ3v) is 3.74. The number of thiocarbonyl (C=S) groups is 1. The molecule has 0 atom stereocenters. The van der Waals surface area contributed by atoms with Crippen molar-refractivity contribution >= 4 is 28.8 Å². The topological polar surface area (TPSA) is 77.1 Å². The molecule has 0 aliphatic rings. The van der Waals surface area contributed by atoms with Crippen molar-refractivity contribution in [3.8, 4) is 0 Å². The summed E-state index contributed by atoms with van der Waals surface area (Å²) in [5, 5.41) is 2.85. The summed E-state index contributed by atoms with van der Waals surface area (Å²) < 4.78 is 1.52. The van der Waals surface area contributed by atoms with Gasteiger partial charge in [0.25, 0.3) is 5.56 Å². The number of amides is 1. The quantitative estimate of drug-likeness (QED) is 0.824. The Morgan fingerprint density at radius 2 is 1.87 bits per heavy atom. The van der Waals surface area contributed by atoms with E-state index in [-0.39, 0.29) is 11.5 Å². The maximum Gasteiger partial charge on any atom is 0.250 e. The van der Waals surface area contributed by atoms with Crippen molar-refractivity contribution in [1.82, 2.24) is 4.57 Å². The monoisotopic (exact) mass is 329 g/mol. The molecular weight excluding hydrogens is 310 g/mol. The number of hydrogen-bond donors (Lipinski definition) is 2. The fourth-order valence-electron chi connectivity index (χ4n) is 2.11. The fourth-order valence-corrected chi connectivity index (χ4v) is 2.24. The Balaban J connectivity index is 2.10. The lowest BCUT2D eigenvalue weighted by Gasteiger charge is -2.24. The molecule has 0 unspecified atom stereocenters. The largest absolute Gasteiger partial charge is 0.389 e. The van der Waals surface area contributed by atoms with Crippen molar-refractivity contribution < 1.29 is 4.79 Å². The first-order chi connectivity index (χ1) is 10.8. The van der Waals surface area contributed by atoms with E-state index in [9.17, 15) is 9.59 Å². The number of nitrogens with one attached hydrogen (secondary N) is 1. The van der Waals surface area contributed by atoms with Crippen LogP contribution in [0, 0.1) is 5.41 Å². The molecular formula is C17H19N3O2S. The van der Waals surface area contributed by atoms with Crippen LogP contribution in [0.1, 0.15) is 19.4 Å². The van der Waals surface area contributed by atoms with Gasteiger partial charge in [0, 0.05) is 30.1 Å². The van der Waals surface area contributed by atoms with Crippen LogP contribution in [0.4, 0.5) is 5.69 Å². The van der Waals surface area contributed by atoms with Crippen LogP contribution in [0.15, 0.2) is 53.5 Å². The highest BCUT2D eigenvalue weighted by atomic mass is 32.1. The zero-order valence-electron chi connectivity index (χ0n) is 13.1. The maximum absolute atomic E-state index is 12.5. The molecule has 2 rings (SSSR count). The summed E-state index contributed by atoms with van der Waals surface area (Å²) in [6, 6.07) is 11.9. The lowest BCUT2D eigenvalue weighted by molar-refractivity contribution is -0.124. The molecule has 0 fully saturated rings. The molecule has 23 heavy (non-hydrogen) atoms. The molecule has 6 heteroatoms. The van der Waals surface area contributed by atoms with Gasteiger partial charge in [0.05, 0.1) is 5.41 Å². The number of rotatable bonds is 5. The Hall–Kier alpha value is -2.47. The lowest BCUT2D eigenvalue weighted by Crippen LogP contribution is -2.37. The summed E-state index contributed by atoms with van der Waals surface area (Å²) in [7, 11) is 0. The van der Waals surface area contributed by atoms with Crippen molar-refractivity contribution in [2.75, 3.05) is 5.32 Å². The second-order valence-electron chi connectivity index (χ2n) is 5.95. The first-order valence-electron chi connectivity index (χ1n) is 7.16. The third-order valence-electron chi connectivity index (χ3n) is 3.51. The molecule has 0 bridgehead atoms. The van der Waals surface area contributed by atoms with E-state index in [0.29, 0.717) is 17.2 Å². The number of carbonyl (C=O) groups excluding carboxylic acids is 1.